The van der Waals surface area contributed by atoms with Gasteiger partial charge in [0.15, 0.2) is 5.78 Å². The van der Waals surface area contributed by atoms with E-state index in [0.29, 0.717) is 11.1 Å². The van der Waals surface area contributed by atoms with Crippen LogP contribution in [0, 0.1) is 0 Å². The number of aliphatic hydroxyl groups is 1. The number of hydrogen-bond acceptors (Lipinski definition) is 4. The first-order chi connectivity index (χ1) is 7.93. The van der Waals surface area contributed by atoms with Crippen molar-refractivity contribution in [2.75, 3.05) is 0 Å². The molecule has 2 unspecified atom stereocenters. The average Bonchev–Trinajstić information content (AvgIpc) is 2.55. The lowest BCUT2D eigenvalue weighted by Gasteiger charge is -2.14. The molecule has 0 spiro atoms. The molecule has 0 radical (unpaired) electrons. The van der Waals surface area contributed by atoms with Crippen LogP contribution in [0.5, 0.6) is 11.5 Å². The molecule has 90 valence electrons. The maximum absolute atomic E-state index is 11.5. The third kappa shape index (κ3) is 1.70. The van der Waals surface area contributed by atoms with E-state index in [4.69, 9.17) is 4.74 Å². The van der Waals surface area contributed by atoms with Crippen LogP contribution in [0.2, 0.25) is 0 Å². The lowest BCUT2D eigenvalue weighted by atomic mass is 9.99. The Bertz CT molecular complexity index is 504. The molecule has 1 heterocycles. The van der Waals surface area contributed by atoms with E-state index >= 15 is 0 Å². The van der Waals surface area contributed by atoms with Gasteiger partial charge in [-0.15, -0.1) is 0 Å². The first-order valence-electron chi connectivity index (χ1n) is 5.30. The molecule has 2 N–H and O–H groups in total. The maximum Gasteiger partial charge on any atom is 0.167 e. The number of ketones is 1. The molecule has 0 saturated heterocycles. The standard InChI is InChI=1S/C13H14O4/c1-6(2)12-11(16)8-4-5-9(15)10(7(3)14)13(8)17-12/h4-5,11-12,15-16H,1H2,2-3H3. The largest absolute Gasteiger partial charge is 0.507 e. The number of hydrogen-bond donors (Lipinski definition) is 2. The number of phenolic OH excluding ortho intramolecular Hbond substituents is 1. The first kappa shape index (κ1) is 11.7. The predicted octanol–water partition coefficient (Wildman–Crippen LogP) is 1.97. The maximum atomic E-state index is 11.5. The minimum atomic E-state index is -0.846. The third-order valence-electron chi connectivity index (χ3n) is 2.85. The molecule has 1 aromatic rings. The number of benzene rings is 1. The van der Waals surface area contributed by atoms with Crippen molar-refractivity contribution in [3.8, 4) is 11.5 Å². The fourth-order valence-corrected chi connectivity index (χ4v) is 2.01. The SMILES string of the molecule is C=C(C)C1Oc2c(ccc(O)c2C(C)=O)C1O. The Balaban J connectivity index is 2.58. The van der Waals surface area contributed by atoms with Crippen molar-refractivity contribution in [2.45, 2.75) is 26.1 Å². The van der Waals surface area contributed by atoms with Crippen molar-refractivity contribution in [1.82, 2.24) is 0 Å². The number of carbonyl (C=O) groups excluding carboxylic acids is 1. The van der Waals surface area contributed by atoms with Crippen LogP contribution in [0.15, 0.2) is 24.3 Å². The Morgan fingerprint density at radius 2 is 2.06 bits per heavy atom. The lowest BCUT2D eigenvalue weighted by molar-refractivity contribution is 0.0884. The van der Waals surface area contributed by atoms with Gasteiger partial charge in [0.2, 0.25) is 0 Å². The van der Waals surface area contributed by atoms with Gasteiger partial charge in [0.25, 0.3) is 0 Å². The second-order valence-corrected chi connectivity index (χ2v) is 4.26. The highest BCUT2D eigenvalue weighted by atomic mass is 16.5. The summed E-state index contributed by atoms with van der Waals surface area (Å²) in [4.78, 5) is 11.5. The molecular formula is C13H14O4. The quantitative estimate of drug-likeness (QED) is 0.606. The van der Waals surface area contributed by atoms with Crippen LogP contribution in [-0.2, 0) is 0 Å². The summed E-state index contributed by atoms with van der Waals surface area (Å²) in [5.74, 6) is -0.169. The van der Waals surface area contributed by atoms with Crippen LogP contribution in [-0.4, -0.2) is 22.1 Å². The molecule has 17 heavy (non-hydrogen) atoms. The van der Waals surface area contributed by atoms with E-state index in [1.165, 1.54) is 13.0 Å². The number of rotatable bonds is 2. The number of aromatic hydroxyl groups is 1. The van der Waals surface area contributed by atoms with Gasteiger partial charge in [-0.3, -0.25) is 4.79 Å². The van der Waals surface area contributed by atoms with E-state index in [-0.39, 0.29) is 22.8 Å². The van der Waals surface area contributed by atoms with E-state index in [1.54, 1.807) is 13.0 Å². The molecule has 1 aliphatic rings. The van der Waals surface area contributed by atoms with E-state index in [1.807, 2.05) is 0 Å². The van der Waals surface area contributed by atoms with Gasteiger partial charge in [0.1, 0.15) is 29.3 Å². The summed E-state index contributed by atoms with van der Waals surface area (Å²) < 4.78 is 5.52. The fraction of sp³-hybridized carbons (Fsp3) is 0.308. The molecule has 0 saturated carbocycles. The monoisotopic (exact) mass is 234 g/mol. The summed E-state index contributed by atoms with van der Waals surface area (Å²) >= 11 is 0. The minimum Gasteiger partial charge on any atom is -0.507 e. The fourth-order valence-electron chi connectivity index (χ4n) is 2.01. The second-order valence-electron chi connectivity index (χ2n) is 4.26. The van der Waals surface area contributed by atoms with Gasteiger partial charge in [0.05, 0.1) is 0 Å². The van der Waals surface area contributed by atoms with Crippen LogP contribution >= 0.6 is 0 Å². The van der Waals surface area contributed by atoms with Gasteiger partial charge in [-0.25, -0.2) is 0 Å². The van der Waals surface area contributed by atoms with E-state index in [9.17, 15) is 15.0 Å². The molecule has 4 heteroatoms. The molecule has 1 aliphatic heterocycles. The highest BCUT2D eigenvalue weighted by Gasteiger charge is 2.36. The van der Waals surface area contributed by atoms with E-state index in [2.05, 4.69) is 6.58 Å². The zero-order valence-electron chi connectivity index (χ0n) is 9.73. The topological polar surface area (TPSA) is 66.8 Å². The van der Waals surface area contributed by atoms with Gasteiger partial charge in [0, 0.05) is 5.56 Å². The Morgan fingerprint density at radius 1 is 1.41 bits per heavy atom. The average molecular weight is 234 g/mol. The zero-order chi connectivity index (χ0) is 12.7. The van der Waals surface area contributed by atoms with Crippen molar-refractivity contribution >= 4 is 5.78 Å². The number of Topliss-reactive ketones (excluding diaryl/α,β-unsaturated/α-hetero) is 1. The van der Waals surface area contributed by atoms with Crippen LogP contribution < -0.4 is 4.74 Å². The Kier molecular flexibility index (Phi) is 2.67. The van der Waals surface area contributed by atoms with E-state index in [0.717, 1.165) is 0 Å². The highest BCUT2D eigenvalue weighted by molar-refractivity contribution is 6.00. The Morgan fingerprint density at radius 3 is 2.59 bits per heavy atom. The third-order valence-corrected chi connectivity index (χ3v) is 2.85. The smallest absolute Gasteiger partial charge is 0.167 e. The van der Waals surface area contributed by atoms with E-state index < -0.39 is 12.2 Å². The summed E-state index contributed by atoms with van der Waals surface area (Å²) in [5.41, 5.74) is 1.30. The van der Waals surface area contributed by atoms with Gasteiger partial charge in [-0.2, -0.15) is 0 Å². The summed E-state index contributed by atoms with van der Waals surface area (Å²) in [6.07, 6.45) is -1.41. The second kappa shape index (κ2) is 3.89. The number of carbonyl (C=O) groups is 1. The molecule has 2 atom stereocenters. The lowest BCUT2D eigenvalue weighted by Crippen LogP contribution is -2.19. The molecule has 0 fully saturated rings. The highest BCUT2D eigenvalue weighted by Crippen LogP contribution is 2.44. The predicted molar refractivity (Wildman–Crippen MR) is 62.3 cm³/mol. The molecule has 0 bridgehead atoms. The minimum absolute atomic E-state index is 0.116. The van der Waals surface area contributed by atoms with Crippen molar-refractivity contribution in [1.29, 1.82) is 0 Å². The summed E-state index contributed by atoms with van der Waals surface area (Å²) in [6, 6.07) is 2.95. The van der Waals surface area contributed by atoms with Crippen molar-refractivity contribution < 1.29 is 19.7 Å². The zero-order valence-corrected chi connectivity index (χ0v) is 9.73. The molecule has 0 aromatic heterocycles. The van der Waals surface area contributed by atoms with Crippen molar-refractivity contribution in [2.24, 2.45) is 0 Å². The number of ether oxygens (including phenoxy) is 1. The number of fused-ring (bicyclic) bond motifs is 1. The molecule has 0 aliphatic carbocycles. The molecule has 0 amide bonds. The Labute approximate surface area is 99.2 Å². The normalized spacial score (nSPS) is 21.8. The van der Waals surface area contributed by atoms with Gasteiger partial charge in [-0.1, -0.05) is 6.58 Å². The van der Waals surface area contributed by atoms with Crippen LogP contribution in [0.1, 0.15) is 35.9 Å². The summed E-state index contributed by atoms with van der Waals surface area (Å²) in [5, 5.41) is 19.7. The number of phenols is 1. The van der Waals surface area contributed by atoms with Crippen LogP contribution in [0.3, 0.4) is 0 Å². The molecule has 2 rings (SSSR count). The Hall–Kier alpha value is -1.81. The summed E-state index contributed by atoms with van der Waals surface area (Å²) in [6.45, 7) is 6.82. The van der Waals surface area contributed by atoms with Crippen LogP contribution in [0.25, 0.3) is 0 Å². The van der Waals surface area contributed by atoms with Crippen molar-refractivity contribution in [3.63, 3.8) is 0 Å². The number of aliphatic hydroxyl groups excluding tert-OH is 1. The van der Waals surface area contributed by atoms with Gasteiger partial charge >= 0.3 is 0 Å². The molecule has 4 nitrogen and oxygen atoms in total. The van der Waals surface area contributed by atoms with Gasteiger partial charge in [-0.05, 0) is 31.6 Å². The van der Waals surface area contributed by atoms with Gasteiger partial charge < -0.3 is 14.9 Å². The molecule has 1 aromatic carbocycles. The van der Waals surface area contributed by atoms with Crippen molar-refractivity contribution in [3.05, 3.63) is 35.4 Å². The first-order valence-corrected chi connectivity index (χ1v) is 5.30. The molecular weight excluding hydrogens is 220 g/mol. The summed E-state index contributed by atoms with van der Waals surface area (Å²) in [7, 11) is 0. The van der Waals surface area contributed by atoms with Crippen LogP contribution in [0.4, 0.5) is 0 Å².